The SMILES string of the molecule is C=C1CCN(C(=O)C(C)Sc2cc(Cl)ccc2Cl)CC1. The average molecular weight is 330 g/mol. The summed E-state index contributed by atoms with van der Waals surface area (Å²) in [7, 11) is 0. The normalized spacial score (nSPS) is 17.1. The fourth-order valence-corrected chi connectivity index (χ4v) is 3.60. The molecule has 0 aromatic heterocycles. The predicted molar refractivity (Wildman–Crippen MR) is 86.7 cm³/mol. The monoisotopic (exact) mass is 329 g/mol. The van der Waals surface area contributed by atoms with Gasteiger partial charge < -0.3 is 4.90 Å². The molecule has 1 aliphatic heterocycles. The summed E-state index contributed by atoms with van der Waals surface area (Å²) >= 11 is 13.6. The van der Waals surface area contributed by atoms with E-state index in [9.17, 15) is 4.79 Å². The van der Waals surface area contributed by atoms with Gasteiger partial charge in [0.1, 0.15) is 0 Å². The lowest BCUT2D eigenvalue weighted by molar-refractivity contribution is -0.130. The van der Waals surface area contributed by atoms with Gasteiger partial charge in [-0.15, -0.1) is 11.8 Å². The fourth-order valence-electron chi connectivity index (χ4n) is 2.11. The second-order valence-electron chi connectivity index (χ2n) is 4.91. The van der Waals surface area contributed by atoms with Crippen LogP contribution in [0.3, 0.4) is 0 Å². The Kier molecular flexibility index (Phi) is 5.42. The van der Waals surface area contributed by atoms with Gasteiger partial charge in [0.05, 0.1) is 10.3 Å². The van der Waals surface area contributed by atoms with Crippen LogP contribution in [0.2, 0.25) is 10.0 Å². The highest BCUT2D eigenvalue weighted by Crippen LogP contribution is 2.33. The zero-order valence-electron chi connectivity index (χ0n) is 11.4. The number of rotatable bonds is 3. The Labute approximate surface area is 134 Å². The number of carbonyl (C=O) groups is 1. The third-order valence-corrected chi connectivity index (χ3v) is 5.15. The number of amides is 1. The van der Waals surface area contributed by atoms with Crippen LogP contribution in [0.25, 0.3) is 0 Å². The molecule has 2 rings (SSSR count). The van der Waals surface area contributed by atoms with Gasteiger partial charge in [-0.2, -0.15) is 0 Å². The number of carbonyl (C=O) groups excluding carboxylic acids is 1. The number of thioether (sulfide) groups is 1. The van der Waals surface area contributed by atoms with Crippen molar-refractivity contribution in [3.63, 3.8) is 0 Å². The van der Waals surface area contributed by atoms with Gasteiger partial charge >= 0.3 is 0 Å². The van der Waals surface area contributed by atoms with Crippen molar-refractivity contribution in [2.45, 2.75) is 29.9 Å². The third kappa shape index (κ3) is 3.94. The molecule has 108 valence electrons. The van der Waals surface area contributed by atoms with Crippen LogP contribution in [0.1, 0.15) is 19.8 Å². The first-order valence-corrected chi connectivity index (χ1v) is 8.18. The molecule has 1 aromatic rings. The number of nitrogens with zero attached hydrogens (tertiary/aromatic N) is 1. The Morgan fingerprint density at radius 1 is 1.35 bits per heavy atom. The summed E-state index contributed by atoms with van der Waals surface area (Å²) in [5.41, 5.74) is 1.23. The highest BCUT2D eigenvalue weighted by Gasteiger charge is 2.24. The van der Waals surface area contributed by atoms with Crippen LogP contribution < -0.4 is 0 Å². The Morgan fingerprint density at radius 2 is 2.00 bits per heavy atom. The van der Waals surface area contributed by atoms with E-state index in [2.05, 4.69) is 6.58 Å². The predicted octanol–water partition coefficient (Wildman–Crippen LogP) is 4.65. The molecule has 1 fully saturated rings. The molecule has 1 aliphatic rings. The second kappa shape index (κ2) is 6.88. The van der Waals surface area contributed by atoms with Gasteiger partial charge in [-0.25, -0.2) is 0 Å². The highest BCUT2D eigenvalue weighted by molar-refractivity contribution is 8.00. The summed E-state index contributed by atoms with van der Waals surface area (Å²) in [6.45, 7) is 7.42. The summed E-state index contributed by atoms with van der Waals surface area (Å²) < 4.78 is 0. The summed E-state index contributed by atoms with van der Waals surface area (Å²) in [6, 6.07) is 5.31. The van der Waals surface area contributed by atoms with Crippen LogP contribution in [0.4, 0.5) is 0 Å². The fraction of sp³-hybridized carbons (Fsp3) is 0.400. The molecule has 0 N–H and O–H groups in total. The van der Waals surface area contributed by atoms with Crippen molar-refractivity contribution in [3.8, 4) is 0 Å². The molecular formula is C15H17Cl2NOS. The molecule has 0 radical (unpaired) electrons. The van der Waals surface area contributed by atoms with Crippen molar-refractivity contribution in [2.75, 3.05) is 13.1 Å². The standard InChI is InChI=1S/C15H17Cl2NOS/c1-10-5-7-18(8-6-10)15(19)11(2)20-14-9-12(16)3-4-13(14)17/h3-4,9,11H,1,5-8H2,2H3. The first kappa shape index (κ1) is 15.7. The van der Waals surface area contributed by atoms with E-state index in [4.69, 9.17) is 23.2 Å². The van der Waals surface area contributed by atoms with Crippen LogP contribution >= 0.6 is 35.0 Å². The van der Waals surface area contributed by atoms with Crippen LogP contribution in [0.5, 0.6) is 0 Å². The number of hydrogen-bond acceptors (Lipinski definition) is 2. The van der Waals surface area contributed by atoms with Crippen LogP contribution in [0.15, 0.2) is 35.2 Å². The van der Waals surface area contributed by atoms with Crippen molar-refractivity contribution in [3.05, 3.63) is 40.4 Å². The average Bonchev–Trinajstić information content (AvgIpc) is 2.43. The molecule has 1 amide bonds. The number of halogens is 2. The maximum atomic E-state index is 12.4. The molecule has 0 aliphatic carbocycles. The first-order chi connectivity index (χ1) is 9.47. The van der Waals surface area contributed by atoms with Crippen LogP contribution in [-0.4, -0.2) is 29.1 Å². The van der Waals surface area contributed by atoms with Gasteiger partial charge in [0.2, 0.25) is 5.91 Å². The summed E-state index contributed by atoms with van der Waals surface area (Å²) in [6.07, 6.45) is 1.81. The van der Waals surface area contributed by atoms with E-state index in [0.29, 0.717) is 10.0 Å². The maximum Gasteiger partial charge on any atom is 0.235 e. The molecule has 5 heteroatoms. The number of hydrogen-bond donors (Lipinski definition) is 0. The molecule has 0 saturated carbocycles. The molecule has 20 heavy (non-hydrogen) atoms. The summed E-state index contributed by atoms with van der Waals surface area (Å²) in [4.78, 5) is 15.2. The van der Waals surface area contributed by atoms with Gasteiger partial charge in [-0.1, -0.05) is 35.4 Å². The molecule has 0 bridgehead atoms. The summed E-state index contributed by atoms with van der Waals surface area (Å²) in [5, 5.41) is 1.09. The van der Waals surface area contributed by atoms with Crippen molar-refractivity contribution in [1.82, 2.24) is 4.90 Å². The maximum absolute atomic E-state index is 12.4. The van der Waals surface area contributed by atoms with Gasteiger partial charge in [0.15, 0.2) is 0 Å². The van der Waals surface area contributed by atoms with Crippen molar-refractivity contribution in [2.24, 2.45) is 0 Å². The minimum Gasteiger partial charge on any atom is -0.341 e. The molecular weight excluding hydrogens is 313 g/mol. The summed E-state index contributed by atoms with van der Waals surface area (Å²) in [5.74, 6) is 0.151. The first-order valence-electron chi connectivity index (χ1n) is 6.54. The van der Waals surface area contributed by atoms with E-state index in [1.165, 1.54) is 17.3 Å². The third-order valence-electron chi connectivity index (χ3n) is 3.33. The Balaban J connectivity index is 2.00. The minimum absolute atomic E-state index is 0.151. The lowest BCUT2D eigenvalue weighted by atomic mass is 10.1. The number of benzene rings is 1. The second-order valence-corrected chi connectivity index (χ2v) is 7.14. The lowest BCUT2D eigenvalue weighted by Gasteiger charge is -2.30. The molecule has 1 heterocycles. The molecule has 0 spiro atoms. The van der Waals surface area contributed by atoms with E-state index in [0.717, 1.165) is 30.8 Å². The van der Waals surface area contributed by atoms with Crippen LogP contribution in [0, 0.1) is 0 Å². The van der Waals surface area contributed by atoms with Crippen LogP contribution in [-0.2, 0) is 4.79 Å². The lowest BCUT2D eigenvalue weighted by Crippen LogP contribution is -2.40. The van der Waals surface area contributed by atoms with Gasteiger partial charge in [-0.3, -0.25) is 4.79 Å². The van der Waals surface area contributed by atoms with E-state index in [-0.39, 0.29) is 11.2 Å². The Hall–Kier alpha value is -0.640. The quantitative estimate of drug-likeness (QED) is 0.594. The number of likely N-dealkylation sites (tertiary alicyclic amines) is 1. The molecule has 2 nitrogen and oxygen atoms in total. The topological polar surface area (TPSA) is 20.3 Å². The van der Waals surface area contributed by atoms with E-state index in [1.807, 2.05) is 11.8 Å². The Morgan fingerprint density at radius 3 is 2.65 bits per heavy atom. The highest BCUT2D eigenvalue weighted by atomic mass is 35.5. The van der Waals surface area contributed by atoms with E-state index in [1.54, 1.807) is 18.2 Å². The Bertz CT molecular complexity index is 523. The zero-order valence-corrected chi connectivity index (χ0v) is 13.7. The smallest absolute Gasteiger partial charge is 0.235 e. The molecule has 1 saturated heterocycles. The number of piperidine rings is 1. The van der Waals surface area contributed by atoms with Gasteiger partial charge in [0.25, 0.3) is 0 Å². The van der Waals surface area contributed by atoms with Crippen molar-refractivity contribution >= 4 is 40.9 Å². The van der Waals surface area contributed by atoms with E-state index < -0.39 is 0 Å². The minimum atomic E-state index is -0.169. The van der Waals surface area contributed by atoms with Gasteiger partial charge in [0, 0.05) is 23.0 Å². The zero-order chi connectivity index (χ0) is 14.7. The molecule has 1 aromatic carbocycles. The van der Waals surface area contributed by atoms with Crippen molar-refractivity contribution in [1.29, 1.82) is 0 Å². The molecule has 1 atom stereocenters. The molecule has 1 unspecified atom stereocenters. The van der Waals surface area contributed by atoms with Gasteiger partial charge in [-0.05, 0) is 38.0 Å². The van der Waals surface area contributed by atoms with Crippen molar-refractivity contribution < 1.29 is 4.79 Å². The van der Waals surface area contributed by atoms with E-state index >= 15 is 0 Å². The largest absolute Gasteiger partial charge is 0.341 e.